The van der Waals surface area contributed by atoms with E-state index in [9.17, 15) is 4.39 Å². The predicted molar refractivity (Wildman–Crippen MR) is 48.8 cm³/mol. The number of aliphatic hydroxyl groups is 1. The highest BCUT2D eigenvalue weighted by Crippen LogP contribution is 2.18. The summed E-state index contributed by atoms with van der Waals surface area (Å²) < 4.78 is 12.4. The molecule has 0 heterocycles. The first kappa shape index (κ1) is 9.55. The molecular weight excluding hydrogens is 175 g/mol. The molecule has 0 fully saturated rings. The molecule has 1 atom stereocenters. The monoisotopic (exact) mass is 186 g/mol. The Morgan fingerprint density at radius 1 is 1.42 bits per heavy atom. The summed E-state index contributed by atoms with van der Waals surface area (Å²) in [4.78, 5) is 0.984. The van der Waals surface area contributed by atoms with Crippen molar-refractivity contribution in [1.82, 2.24) is 0 Å². The molecule has 0 unspecified atom stereocenters. The lowest BCUT2D eigenvalue weighted by Crippen LogP contribution is -2.01. The largest absolute Gasteiger partial charge is 0.393 e. The molecule has 1 N–H and O–H groups in total. The lowest BCUT2D eigenvalue weighted by Gasteiger charge is -2.02. The normalized spacial score (nSPS) is 12.9. The molecule has 0 radical (unpaired) electrons. The van der Waals surface area contributed by atoms with Gasteiger partial charge >= 0.3 is 0 Å². The van der Waals surface area contributed by atoms with Gasteiger partial charge in [-0.2, -0.15) is 0 Å². The maximum atomic E-state index is 12.4. The van der Waals surface area contributed by atoms with E-state index >= 15 is 0 Å². The van der Waals surface area contributed by atoms with Crippen LogP contribution in [0, 0.1) is 5.82 Å². The molecule has 0 aliphatic carbocycles. The summed E-state index contributed by atoms with van der Waals surface area (Å²) in [6.07, 6.45) is -0.319. The molecule has 0 aromatic heterocycles. The van der Waals surface area contributed by atoms with E-state index in [4.69, 9.17) is 5.11 Å². The summed E-state index contributed by atoms with van der Waals surface area (Å²) in [7, 11) is 0. The van der Waals surface area contributed by atoms with Crippen molar-refractivity contribution < 1.29 is 9.50 Å². The molecular formula is C9H11FOS. The number of benzene rings is 1. The molecule has 3 heteroatoms. The fraction of sp³-hybridized carbons (Fsp3) is 0.333. The second-order valence-corrected chi connectivity index (χ2v) is 3.71. The van der Waals surface area contributed by atoms with Gasteiger partial charge in [0.05, 0.1) is 6.10 Å². The maximum absolute atomic E-state index is 12.4. The minimum absolute atomic E-state index is 0.226. The van der Waals surface area contributed by atoms with Crippen molar-refractivity contribution in [2.75, 3.05) is 5.75 Å². The Labute approximate surface area is 75.6 Å². The lowest BCUT2D eigenvalue weighted by molar-refractivity contribution is 0.220. The van der Waals surface area contributed by atoms with E-state index < -0.39 is 0 Å². The van der Waals surface area contributed by atoms with Crippen LogP contribution >= 0.6 is 11.8 Å². The highest BCUT2D eigenvalue weighted by molar-refractivity contribution is 7.99. The molecule has 0 saturated carbocycles. The van der Waals surface area contributed by atoms with Crippen LogP contribution < -0.4 is 0 Å². The average Bonchev–Trinajstić information content (AvgIpc) is 2.03. The van der Waals surface area contributed by atoms with Crippen LogP contribution in [0.25, 0.3) is 0 Å². The zero-order valence-electron chi connectivity index (χ0n) is 6.83. The first-order chi connectivity index (χ1) is 5.68. The van der Waals surface area contributed by atoms with E-state index in [1.54, 1.807) is 19.1 Å². The van der Waals surface area contributed by atoms with Crippen molar-refractivity contribution >= 4 is 11.8 Å². The summed E-state index contributed by atoms with van der Waals surface area (Å²) in [6, 6.07) is 6.26. The van der Waals surface area contributed by atoms with Crippen LogP contribution in [0.15, 0.2) is 29.2 Å². The van der Waals surface area contributed by atoms with Crippen molar-refractivity contribution in [1.29, 1.82) is 0 Å². The number of rotatable bonds is 3. The minimum Gasteiger partial charge on any atom is -0.393 e. The molecule has 1 nitrogen and oxygen atoms in total. The van der Waals surface area contributed by atoms with Crippen LogP contribution in [0.1, 0.15) is 6.92 Å². The van der Waals surface area contributed by atoms with Crippen molar-refractivity contribution in [3.8, 4) is 0 Å². The lowest BCUT2D eigenvalue weighted by atomic mass is 10.4. The van der Waals surface area contributed by atoms with E-state index in [0.717, 1.165) is 4.90 Å². The first-order valence-corrected chi connectivity index (χ1v) is 4.73. The number of thioether (sulfide) groups is 1. The molecule has 66 valence electrons. The minimum atomic E-state index is -0.319. The van der Waals surface area contributed by atoms with Gasteiger partial charge in [0.1, 0.15) is 5.82 Å². The van der Waals surface area contributed by atoms with Crippen molar-refractivity contribution in [2.24, 2.45) is 0 Å². The second-order valence-electron chi connectivity index (χ2n) is 2.61. The third-order valence-corrected chi connectivity index (χ3v) is 2.56. The van der Waals surface area contributed by atoms with Crippen molar-refractivity contribution in [3.05, 3.63) is 30.1 Å². The summed E-state index contributed by atoms with van der Waals surface area (Å²) in [5.41, 5.74) is 0. The quantitative estimate of drug-likeness (QED) is 0.731. The van der Waals surface area contributed by atoms with Crippen LogP contribution in [0.5, 0.6) is 0 Å². The molecule has 1 rings (SSSR count). The summed E-state index contributed by atoms with van der Waals surface area (Å²) >= 11 is 1.52. The van der Waals surface area contributed by atoms with Gasteiger partial charge in [0, 0.05) is 10.6 Å². The molecule has 0 aliphatic rings. The number of hydrogen-bond donors (Lipinski definition) is 1. The number of halogens is 1. The van der Waals surface area contributed by atoms with E-state index in [2.05, 4.69) is 0 Å². The second kappa shape index (κ2) is 4.48. The Morgan fingerprint density at radius 3 is 2.50 bits per heavy atom. The highest BCUT2D eigenvalue weighted by Gasteiger charge is 1.98. The van der Waals surface area contributed by atoms with E-state index in [1.807, 2.05) is 0 Å². The van der Waals surface area contributed by atoms with Gasteiger partial charge in [0.15, 0.2) is 0 Å². The molecule has 12 heavy (non-hydrogen) atoms. The van der Waals surface area contributed by atoms with Crippen LogP contribution in [0.4, 0.5) is 4.39 Å². The van der Waals surface area contributed by atoms with Gasteiger partial charge in [-0.15, -0.1) is 11.8 Å². The molecule has 0 spiro atoms. The average molecular weight is 186 g/mol. The first-order valence-electron chi connectivity index (χ1n) is 3.75. The molecule has 0 amide bonds. The van der Waals surface area contributed by atoms with Gasteiger partial charge in [0.2, 0.25) is 0 Å². The summed E-state index contributed by atoms with van der Waals surface area (Å²) in [5, 5.41) is 8.97. The number of aliphatic hydroxyl groups excluding tert-OH is 1. The highest BCUT2D eigenvalue weighted by atomic mass is 32.2. The van der Waals surface area contributed by atoms with Crippen molar-refractivity contribution in [3.63, 3.8) is 0 Å². The molecule has 1 aromatic carbocycles. The predicted octanol–water partition coefficient (Wildman–Crippen LogP) is 2.30. The Bertz CT molecular complexity index is 233. The molecule has 1 aromatic rings. The Hall–Kier alpha value is -0.540. The standard InChI is InChI=1S/C9H11FOS/c1-7(11)6-12-9-4-2-8(10)3-5-9/h2-5,7,11H,6H2,1H3/t7-/m1/s1. The zero-order chi connectivity index (χ0) is 8.97. The van der Waals surface area contributed by atoms with E-state index in [1.165, 1.54) is 23.9 Å². The van der Waals surface area contributed by atoms with Crippen LogP contribution in [0.3, 0.4) is 0 Å². The van der Waals surface area contributed by atoms with Crippen LogP contribution in [0.2, 0.25) is 0 Å². The van der Waals surface area contributed by atoms with Crippen molar-refractivity contribution in [2.45, 2.75) is 17.9 Å². The summed E-state index contributed by atoms with van der Waals surface area (Å²) in [5.74, 6) is 0.419. The Morgan fingerprint density at radius 2 is 2.00 bits per heavy atom. The topological polar surface area (TPSA) is 20.2 Å². The smallest absolute Gasteiger partial charge is 0.123 e. The van der Waals surface area contributed by atoms with Gasteiger partial charge in [-0.1, -0.05) is 0 Å². The van der Waals surface area contributed by atoms with Gasteiger partial charge < -0.3 is 5.11 Å². The van der Waals surface area contributed by atoms with Gasteiger partial charge in [-0.25, -0.2) is 4.39 Å². The fourth-order valence-electron chi connectivity index (χ4n) is 0.748. The Kier molecular flexibility index (Phi) is 3.56. The number of hydrogen-bond acceptors (Lipinski definition) is 2. The van der Waals surface area contributed by atoms with Gasteiger partial charge in [-0.3, -0.25) is 0 Å². The molecule has 0 bridgehead atoms. The van der Waals surface area contributed by atoms with E-state index in [-0.39, 0.29) is 11.9 Å². The van der Waals surface area contributed by atoms with Crippen LogP contribution in [-0.2, 0) is 0 Å². The van der Waals surface area contributed by atoms with Crippen LogP contribution in [-0.4, -0.2) is 17.0 Å². The van der Waals surface area contributed by atoms with E-state index in [0.29, 0.717) is 5.75 Å². The Balaban J connectivity index is 2.48. The third kappa shape index (κ3) is 3.24. The molecule has 0 aliphatic heterocycles. The SMILES string of the molecule is C[C@@H](O)CSc1ccc(F)cc1. The third-order valence-electron chi connectivity index (χ3n) is 1.30. The van der Waals surface area contributed by atoms with Gasteiger partial charge in [0.25, 0.3) is 0 Å². The summed E-state index contributed by atoms with van der Waals surface area (Å²) in [6.45, 7) is 1.73. The molecule has 0 saturated heterocycles. The maximum Gasteiger partial charge on any atom is 0.123 e. The zero-order valence-corrected chi connectivity index (χ0v) is 7.64. The van der Waals surface area contributed by atoms with Gasteiger partial charge in [-0.05, 0) is 31.2 Å². The fourth-order valence-corrected chi connectivity index (χ4v) is 1.51.